The highest BCUT2D eigenvalue weighted by atomic mass is 35.5. The van der Waals surface area contributed by atoms with Gasteiger partial charge in [0, 0.05) is 36.0 Å². The Labute approximate surface area is 233 Å². The minimum Gasteiger partial charge on any atom is -0.383 e. The van der Waals surface area contributed by atoms with Crippen molar-refractivity contribution in [2.24, 2.45) is 11.1 Å². The first-order valence-electron chi connectivity index (χ1n) is 12.5. The van der Waals surface area contributed by atoms with Gasteiger partial charge in [-0.3, -0.25) is 9.36 Å². The summed E-state index contributed by atoms with van der Waals surface area (Å²) in [5.74, 6) is 0.856. The van der Waals surface area contributed by atoms with Gasteiger partial charge in [0.2, 0.25) is 0 Å². The second-order valence-corrected chi connectivity index (χ2v) is 12.5. The van der Waals surface area contributed by atoms with E-state index in [4.69, 9.17) is 32.0 Å². The molecule has 4 heterocycles. The van der Waals surface area contributed by atoms with Gasteiger partial charge in [0.1, 0.15) is 10.8 Å². The molecule has 38 heavy (non-hydrogen) atoms. The van der Waals surface area contributed by atoms with Crippen LogP contribution in [0.4, 0.5) is 5.82 Å². The quantitative estimate of drug-likeness (QED) is 0.364. The minimum atomic E-state index is -0.188. The Morgan fingerprint density at radius 3 is 2.76 bits per heavy atom. The van der Waals surface area contributed by atoms with Crippen LogP contribution in [0.25, 0.3) is 10.9 Å². The second kappa shape index (κ2) is 10.2. The first-order chi connectivity index (χ1) is 18.4. The number of nitrogens with two attached hydrogens (primary N) is 1. The maximum atomic E-state index is 13.0. The molecule has 0 bridgehead atoms. The van der Waals surface area contributed by atoms with E-state index >= 15 is 0 Å². The number of benzene rings is 1. The van der Waals surface area contributed by atoms with Crippen LogP contribution in [0.2, 0.25) is 5.02 Å². The molecule has 1 aliphatic carbocycles. The number of thiazole rings is 1. The van der Waals surface area contributed by atoms with Crippen LogP contribution in [0.3, 0.4) is 0 Å². The summed E-state index contributed by atoms with van der Waals surface area (Å²) in [6.07, 6.45) is 8.09. The number of aromatic nitrogens is 5. The van der Waals surface area contributed by atoms with Crippen molar-refractivity contribution in [1.29, 1.82) is 0 Å². The molecule has 0 saturated carbocycles. The van der Waals surface area contributed by atoms with Crippen LogP contribution in [-0.2, 0) is 17.7 Å². The summed E-state index contributed by atoms with van der Waals surface area (Å²) in [5, 5.41) is 2.57. The lowest BCUT2D eigenvalue weighted by molar-refractivity contribution is 0.186. The molecule has 1 aliphatic heterocycles. The summed E-state index contributed by atoms with van der Waals surface area (Å²) >= 11 is 9.81. The summed E-state index contributed by atoms with van der Waals surface area (Å²) in [6.45, 7) is 4.66. The van der Waals surface area contributed by atoms with E-state index in [1.165, 1.54) is 33.2 Å². The normalized spacial score (nSPS) is 18.4. The third-order valence-corrected chi connectivity index (χ3v) is 10.2. The van der Waals surface area contributed by atoms with Gasteiger partial charge in [0.25, 0.3) is 5.56 Å². The second-order valence-electron chi connectivity index (χ2n) is 9.87. The molecule has 6 rings (SSSR count). The lowest BCUT2D eigenvalue weighted by Crippen LogP contribution is -2.44. The van der Waals surface area contributed by atoms with E-state index in [1.807, 2.05) is 12.3 Å². The summed E-state index contributed by atoms with van der Waals surface area (Å²) in [7, 11) is 1.60. The summed E-state index contributed by atoms with van der Waals surface area (Å²) in [5.41, 5.74) is 8.39. The third-order valence-electron chi connectivity index (χ3n) is 7.64. The number of aryl methyl sites for hydroxylation is 1. The van der Waals surface area contributed by atoms with Crippen LogP contribution in [-0.4, -0.2) is 51.3 Å². The van der Waals surface area contributed by atoms with Gasteiger partial charge in [-0.25, -0.2) is 19.9 Å². The Hall–Kier alpha value is -2.57. The van der Waals surface area contributed by atoms with Gasteiger partial charge in [-0.15, -0.1) is 11.3 Å². The number of anilines is 1. The molecule has 0 amide bonds. The summed E-state index contributed by atoms with van der Waals surface area (Å²) in [4.78, 5) is 35.7. The standard InChI is InChI=1S/C26H28ClN7O2S2/c1-15-32-17-11-26(24(28)23(17)37-15)5-7-33(8-6-26)19-12-30-20(13-29-19)38-18-4-3-16-21(22(18)27)25(35)34(14-31-16)9-10-36-2/h3-4,12-14,24H,5-11,28H2,1-2H3/t24-/m0/s1. The highest BCUT2D eigenvalue weighted by molar-refractivity contribution is 7.99. The molecule has 1 aromatic carbocycles. The number of methoxy groups -OCH3 is 1. The van der Waals surface area contributed by atoms with Crippen molar-refractivity contribution in [3.63, 3.8) is 0 Å². The molecule has 2 N–H and O–H groups in total. The number of hydrogen-bond donors (Lipinski definition) is 1. The Bertz CT molecular complexity index is 1550. The molecule has 12 heteroatoms. The van der Waals surface area contributed by atoms with Gasteiger partial charge in [0.15, 0.2) is 0 Å². The van der Waals surface area contributed by atoms with Crippen LogP contribution < -0.4 is 16.2 Å². The van der Waals surface area contributed by atoms with Crippen LogP contribution >= 0.6 is 34.7 Å². The predicted octanol–water partition coefficient (Wildman–Crippen LogP) is 4.25. The monoisotopic (exact) mass is 569 g/mol. The van der Waals surface area contributed by atoms with E-state index in [9.17, 15) is 4.79 Å². The van der Waals surface area contributed by atoms with Crippen LogP contribution in [0.5, 0.6) is 0 Å². The molecular weight excluding hydrogens is 542 g/mol. The average Bonchev–Trinajstić information content (AvgIpc) is 3.40. The lowest BCUT2D eigenvalue weighted by Gasteiger charge is -2.42. The van der Waals surface area contributed by atoms with Crippen molar-refractivity contribution >= 4 is 51.4 Å². The number of halogens is 1. The number of rotatable bonds is 6. The van der Waals surface area contributed by atoms with Crippen LogP contribution in [0.1, 0.15) is 34.5 Å². The lowest BCUT2D eigenvalue weighted by atomic mass is 9.74. The van der Waals surface area contributed by atoms with E-state index in [-0.39, 0.29) is 17.0 Å². The van der Waals surface area contributed by atoms with Crippen molar-refractivity contribution in [3.8, 4) is 0 Å². The molecule has 0 radical (unpaired) electrons. The fourth-order valence-corrected chi connectivity index (χ4v) is 7.70. The number of piperidine rings is 1. The number of ether oxygens (including phenoxy) is 1. The Morgan fingerprint density at radius 2 is 2.05 bits per heavy atom. The molecule has 0 unspecified atom stereocenters. The molecular formula is C26H28ClN7O2S2. The van der Waals surface area contributed by atoms with E-state index < -0.39 is 0 Å². The Balaban J connectivity index is 1.15. The van der Waals surface area contributed by atoms with Gasteiger partial charge in [-0.05, 0) is 43.7 Å². The first-order valence-corrected chi connectivity index (χ1v) is 14.5. The van der Waals surface area contributed by atoms with Crippen molar-refractivity contribution in [2.45, 2.75) is 48.7 Å². The van der Waals surface area contributed by atoms with Gasteiger partial charge >= 0.3 is 0 Å². The maximum absolute atomic E-state index is 13.0. The van der Waals surface area contributed by atoms with Gasteiger partial charge in [-0.1, -0.05) is 23.4 Å². The van der Waals surface area contributed by atoms with E-state index in [0.717, 1.165) is 48.1 Å². The highest BCUT2D eigenvalue weighted by Crippen LogP contribution is 2.52. The zero-order valence-corrected chi connectivity index (χ0v) is 23.6. The van der Waals surface area contributed by atoms with Gasteiger partial charge < -0.3 is 15.4 Å². The maximum Gasteiger partial charge on any atom is 0.262 e. The van der Waals surface area contributed by atoms with Crippen molar-refractivity contribution in [3.05, 3.63) is 61.8 Å². The minimum absolute atomic E-state index is 0.0710. The molecule has 3 aromatic heterocycles. The molecule has 1 saturated heterocycles. The fraction of sp³-hybridized carbons (Fsp3) is 0.423. The smallest absolute Gasteiger partial charge is 0.262 e. The average molecular weight is 570 g/mol. The molecule has 1 fully saturated rings. The number of nitrogens with zero attached hydrogens (tertiary/aromatic N) is 6. The summed E-state index contributed by atoms with van der Waals surface area (Å²) < 4.78 is 6.60. The first kappa shape index (κ1) is 25.7. The zero-order valence-electron chi connectivity index (χ0n) is 21.2. The Morgan fingerprint density at radius 1 is 1.24 bits per heavy atom. The molecule has 1 spiro atoms. The van der Waals surface area contributed by atoms with Gasteiger partial charge in [-0.2, -0.15) is 0 Å². The van der Waals surface area contributed by atoms with E-state index in [0.29, 0.717) is 34.1 Å². The molecule has 9 nitrogen and oxygen atoms in total. The number of fused-ring (bicyclic) bond motifs is 2. The highest BCUT2D eigenvalue weighted by Gasteiger charge is 2.48. The van der Waals surface area contributed by atoms with Crippen molar-refractivity contribution in [1.82, 2.24) is 24.5 Å². The van der Waals surface area contributed by atoms with Crippen molar-refractivity contribution < 1.29 is 4.74 Å². The molecule has 198 valence electrons. The van der Waals surface area contributed by atoms with Crippen LogP contribution in [0, 0.1) is 12.3 Å². The third kappa shape index (κ3) is 4.50. The zero-order chi connectivity index (χ0) is 26.4. The fourth-order valence-electron chi connectivity index (χ4n) is 5.50. The summed E-state index contributed by atoms with van der Waals surface area (Å²) in [6, 6.07) is 3.74. The molecule has 1 atom stereocenters. The van der Waals surface area contributed by atoms with Crippen LogP contribution in [0.15, 0.2) is 45.6 Å². The predicted molar refractivity (Wildman–Crippen MR) is 150 cm³/mol. The molecule has 2 aliphatic rings. The van der Waals surface area contributed by atoms with Crippen molar-refractivity contribution in [2.75, 3.05) is 31.7 Å². The topological polar surface area (TPSA) is 112 Å². The van der Waals surface area contributed by atoms with Gasteiger partial charge in [0.05, 0.1) is 58.5 Å². The largest absolute Gasteiger partial charge is 0.383 e. The SMILES string of the molecule is COCCn1cnc2ccc(Sc3cnc(N4CCC5(CC4)Cc4nc(C)sc4[C@@H]5N)cn3)c(Cl)c2c1=O. The number of hydrogen-bond acceptors (Lipinski definition) is 10. The van der Waals surface area contributed by atoms with E-state index in [1.54, 1.807) is 30.7 Å². The van der Waals surface area contributed by atoms with E-state index in [2.05, 4.69) is 21.8 Å². The molecule has 4 aromatic rings. The Kier molecular flexibility index (Phi) is 6.89.